The Morgan fingerprint density at radius 2 is 2.25 bits per heavy atom. The molecule has 0 atom stereocenters. The molecule has 0 radical (unpaired) electrons. The number of nitrogen functional groups attached to an aromatic ring is 1. The molecule has 7 nitrogen and oxygen atoms in total. The molecule has 0 aliphatic heterocycles. The number of nitro groups is 1. The van der Waals surface area contributed by atoms with Gasteiger partial charge in [-0.25, -0.2) is 9.67 Å². The van der Waals surface area contributed by atoms with Crippen LogP contribution >= 0.6 is 11.6 Å². The summed E-state index contributed by atoms with van der Waals surface area (Å²) in [6.07, 6.45) is 2.88. The van der Waals surface area contributed by atoms with Crippen molar-refractivity contribution in [1.29, 1.82) is 0 Å². The van der Waals surface area contributed by atoms with Crippen molar-refractivity contribution >= 4 is 23.1 Å². The molecule has 0 amide bonds. The Morgan fingerprint density at radius 1 is 1.50 bits per heavy atom. The van der Waals surface area contributed by atoms with Crippen LogP contribution in [-0.4, -0.2) is 19.7 Å². The maximum absolute atomic E-state index is 10.6. The Bertz CT molecular complexity index is 553. The van der Waals surface area contributed by atoms with Crippen LogP contribution < -0.4 is 5.73 Å². The van der Waals surface area contributed by atoms with Crippen LogP contribution in [0.2, 0.25) is 5.02 Å². The van der Waals surface area contributed by atoms with Crippen LogP contribution in [0.4, 0.5) is 11.5 Å². The van der Waals surface area contributed by atoms with Crippen LogP contribution in [0, 0.1) is 10.1 Å². The topological polar surface area (TPSA) is 99.9 Å². The molecule has 2 aromatic heterocycles. The summed E-state index contributed by atoms with van der Waals surface area (Å²) in [6, 6.07) is 2.44. The van der Waals surface area contributed by atoms with Gasteiger partial charge in [0.25, 0.3) is 5.69 Å². The van der Waals surface area contributed by atoms with Crippen LogP contribution in [0.3, 0.4) is 0 Å². The summed E-state index contributed by atoms with van der Waals surface area (Å²) >= 11 is 5.68. The van der Waals surface area contributed by atoms with Crippen LogP contribution in [0.15, 0.2) is 24.5 Å². The molecule has 82 valence electrons. The predicted octanol–water partition coefficient (Wildman–Crippen LogP) is 1.41. The van der Waals surface area contributed by atoms with Crippen molar-refractivity contribution in [2.24, 2.45) is 0 Å². The molecule has 0 unspecified atom stereocenters. The van der Waals surface area contributed by atoms with Gasteiger partial charge in [-0.05, 0) is 0 Å². The van der Waals surface area contributed by atoms with Gasteiger partial charge in [0.2, 0.25) is 0 Å². The quantitative estimate of drug-likeness (QED) is 0.631. The summed E-state index contributed by atoms with van der Waals surface area (Å²) in [5, 5.41) is 14.9. The zero-order valence-electron chi connectivity index (χ0n) is 7.87. The molecule has 0 saturated heterocycles. The van der Waals surface area contributed by atoms with E-state index < -0.39 is 4.92 Å². The van der Waals surface area contributed by atoms with Gasteiger partial charge in [-0.15, -0.1) is 0 Å². The first-order chi connectivity index (χ1) is 7.56. The van der Waals surface area contributed by atoms with Crippen molar-refractivity contribution in [3.8, 4) is 5.82 Å². The summed E-state index contributed by atoms with van der Waals surface area (Å²) in [5.74, 6) is 0.300. The maximum Gasteiger partial charge on any atom is 0.276 e. The Morgan fingerprint density at radius 3 is 2.81 bits per heavy atom. The lowest BCUT2D eigenvalue weighted by Gasteiger charge is -2.01. The second-order valence-electron chi connectivity index (χ2n) is 2.97. The number of rotatable bonds is 2. The molecule has 2 rings (SSSR count). The number of nitrogens with two attached hydrogens (primary N) is 1. The van der Waals surface area contributed by atoms with Crippen LogP contribution in [0.1, 0.15) is 0 Å². The second kappa shape index (κ2) is 3.78. The zero-order chi connectivity index (χ0) is 11.7. The largest absolute Gasteiger partial charge is 0.383 e. The van der Waals surface area contributed by atoms with Gasteiger partial charge in [-0.3, -0.25) is 10.1 Å². The Balaban J connectivity index is 2.53. The van der Waals surface area contributed by atoms with Crippen molar-refractivity contribution in [3.63, 3.8) is 0 Å². The third kappa shape index (κ3) is 1.94. The first-order valence-electron chi connectivity index (χ1n) is 4.19. The molecule has 0 fully saturated rings. The molecular formula is C8H6ClN5O2. The van der Waals surface area contributed by atoms with Gasteiger partial charge in [0, 0.05) is 0 Å². The fourth-order valence-corrected chi connectivity index (χ4v) is 1.31. The second-order valence-corrected chi connectivity index (χ2v) is 3.41. The molecular weight excluding hydrogens is 234 g/mol. The van der Waals surface area contributed by atoms with E-state index in [1.54, 1.807) is 0 Å². The average Bonchev–Trinajstić information content (AvgIpc) is 2.64. The van der Waals surface area contributed by atoms with Crippen molar-refractivity contribution in [2.45, 2.75) is 0 Å². The zero-order valence-corrected chi connectivity index (χ0v) is 8.63. The van der Waals surface area contributed by atoms with E-state index in [-0.39, 0.29) is 17.3 Å². The van der Waals surface area contributed by atoms with E-state index in [2.05, 4.69) is 10.1 Å². The molecule has 0 bridgehead atoms. The average molecular weight is 240 g/mol. The molecule has 8 heteroatoms. The highest BCUT2D eigenvalue weighted by Gasteiger charge is 2.11. The normalized spacial score (nSPS) is 10.3. The number of pyridine rings is 1. The summed E-state index contributed by atoms with van der Waals surface area (Å²) in [5.41, 5.74) is 5.31. The lowest BCUT2D eigenvalue weighted by Crippen LogP contribution is -2.02. The summed E-state index contributed by atoms with van der Waals surface area (Å²) in [4.78, 5) is 14.0. The third-order valence-corrected chi connectivity index (χ3v) is 2.01. The molecule has 0 spiro atoms. The van der Waals surface area contributed by atoms with E-state index in [0.717, 1.165) is 0 Å². The van der Waals surface area contributed by atoms with Crippen molar-refractivity contribution in [2.75, 3.05) is 5.73 Å². The maximum atomic E-state index is 10.6. The minimum Gasteiger partial charge on any atom is -0.383 e. The van der Waals surface area contributed by atoms with E-state index in [1.807, 2.05) is 0 Å². The Kier molecular flexibility index (Phi) is 2.45. The predicted molar refractivity (Wildman–Crippen MR) is 57.4 cm³/mol. The fourth-order valence-electron chi connectivity index (χ4n) is 1.17. The molecule has 0 aliphatic rings. The van der Waals surface area contributed by atoms with E-state index in [1.165, 1.54) is 29.2 Å². The van der Waals surface area contributed by atoms with Crippen molar-refractivity contribution in [1.82, 2.24) is 14.8 Å². The van der Waals surface area contributed by atoms with Gasteiger partial charge in [-0.2, -0.15) is 5.10 Å². The van der Waals surface area contributed by atoms with E-state index >= 15 is 0 Å². The summed E-state index contributed by atoms with van der Waals surface area (Å²) in [6.45, 7) is 0. The lowest BCUT2D eigenvalue weighted by molar-refractivity contribution is -0.384. The number of halogens is 1. The molecule has 0 aromatic carbocycles. The highest BCUT2D eigenvalue weighted by molar-refractivity contribution is 6.30. The number of hydrogen-bond donors (Lipinski definition) is 1. The van der Waals surface area contributed by atoms with E-state index in [4.69, 9.17) is 17.3 Å². The van der Waals surface area contributed by atoms with Gasteiger partial charge in [0.05, 0.1) is 34.5 Å². The van der Waals surface area contributed by atoms with Crippen molar-refractivity contribution < 1.29 is 4.92 Å². The monoisotopic (exact) mass is 239 g/mol. The Hall–Kier alpha value is -2.15. The van der Waals surface area contributed by atoms with Crippen LogP contribution in [0.5, 0.6) is 0 Å². The van der Waals surface area contributed by atoms with Gasteiger partial charge >= 0.3 is 0 Å². The Labute approximate surface area is 94.6 Å². The van der Waals surface area contributed by atoms with Gasteiger partial charge in [0.1, 0.15) is 5.82 Å². The third-order valence-electron chi connectivity index (χ3n) is 1.81. The highest BCUT2D eigenvalue weighted by atomic mass is 35.5. The number of anilines is 1. The lowest BCUT2D eigenvalue weighted by atomic mass is 10.4. The molecule has 16 heavy (non-hydrogen) atoms. The minimum atomic E-state index is -0.549. The van der Waals surface area contributed by atoms with Crippen LogP contribution in [-0.2, 0) is 0 Å². The number of nitrogens with zero attached hydrogens (tertiary/aromatic N) is 4. The summed E-state index contributed by atoms with van der Waals surface area (Å²) < 4.78 is 1.31. The first kappa shape index (κ1) is 10.4. The molecule has 0 saturated carbocycles. The highest BCUT2D eigenvalue weighted by Crippen LogP contribution is 2.18. The summed E-state index contributed by atoms with van der Waals surface area (Å²) in [7, 11) is 0. The van der Waals surface area contributed by atoms with Gasteiger partial charge in [0.15, 0.2) is 5.82 Å². The molecule has 2 N–H and O–H groups in total. The minimum absolute atomic E-state index is 0.0517. The number of hydrogen-bond acceptors (Lipinski definition) is 5. The molecule has 2 aromatic rings. The first-order valence-corrected chi connectivity index (χ1v) is 4.56. The fraction of sp³-hybridized carbons (Fsp3) is 0. The molecule has 2 heterocycles. The van der Waals surface area contributed by atoms with E-state index in [9.17, 15) is 10.1 Å². The van der Waals surface area contributed by atoms with Crippen LogP contribution in [0.25, 0.3) is 5.82 Å². The molecule has 0 aliphatic carbocycles. The smallest absolute Gasteiger partial charge is 0.276 e. The van der Waals surface area contributed by atoms with Gasteiger partial charge in [-0.1, -0.05) is 11.6 Å². The van der Waals surface area contributed by atoms with Crippen molar-refractivity contribution in [3.05, 3.63) is 39.7 Å². The SMILES string of the molecule is Nc1cc([N+](=O)[O-])cc(-n2cc(Cl)cn2)n1. The van der Waals surface area contributed by atoms with E-state index in [0.29, 0.717) is 5.02 Å². The standard InChI is InChI=1S/C8H6ClN5O2/c9-5-3-11-13(4-5)8-2-6(14(15)16)1-7(10)12-8/h1-4H,(H2,10,12). The number of aromatic nitrogens is 3. The van der Waals surface area contributed by atoms with Gasteiger partial charge < -0.3 is 5.73 Å².